The molecule has 0 spiro atoms. The zero-order valence-corrected chi connectivity index (χ0v) is 6.71. The molecule has 1 aromatic rings. The maximum absolute atomic E-state index is 12.5. The molecule has 0 saturated heterocycles. The standard InChI is InChI=1S/C6H2F4O2S/c7-3-1-4(8)6(5(9)2-3)13(10,11)12/h1-2H. The lowest BCUT2D eigenvalue weighted by atomic mass is 10.3. The molecule has 0 aliphatic heterocycles. The van der Waals surface area contributed by atoms with Gasteiger partial charge >= 0.3 is 10.2 Å². The van der Waals surface area contributed by atoms with Gasteiger partial charge in [-0.05, 0) is 0 Å². The average molecular weight is 214 g/mol. The third-order valence-corrected chi connectivity index (χ3v) is 2.08. The number of benzene rings is 1. The quantitative estimate of drug-likeness (QED) is 0.527. The molecule has 2 nitrogen and oxygen atoms in total. The van der Waals surface area contributed by atoms with Gasteiger partial charge in [-0.1, -0.05) is 0 Å². The lowest BCUT2D eigenvalue weighted by Gasteiger charge is -1.98. The lowest BCUT2D eigenvalue weighted by Crippen LogP contribution is -2.01. The second-order valence-electron chi connectivity index (χ2n) is 2.14. The molecule has 0 aromatic heterocycles. The van der Waals surface area contributed by atoms with Crippen LogP contribution in [0.5, 0.6) is 0 Å². The molecular formula is C6H2F4O2S. The number of rotatable bonds is 1. The van der Waals surface area contributed by atoms with E-state index in [9.17, 15) is 25.5 Å². The topological polar surface area (TPSA) is 34.1 Å². The molecule has 0 N–H and O–H groups in total. The Kier molecular flexibility index (Phi) is 2.29. The highest BCUT2D eigenvalue weighted by atomic mass is 32.3. The van der Waals surface area contributed by atoms with Crippen LogP contribution in [0.2, 0.25) is 0 Å². The summed E-state index contributed by atoms with van der Waals surface area (Å²) in [7, 11) is -5.50. The van der Waals surface area contributed by atoms with E-state index in [1.807, 2.05) is 0 Å². The summed E-state index contributed by atoms with van der Waals surface area (Å²) < 4.78 is 69.6. The third kappa shape index (κ3) is 1.97. The number of halogens is 4. The zero-order chi connectivity index (χ0) is 10.2. The van der Waals surface area contributed by atoms with Gasteiger partial charge in [-0.3, -0.25) is 0 Å². The summed E-state index contributed by atoms with van der Waals surface area (Å²) in [5.74, 6) is -4.90. The average Bonchev–Trinajstić information content (AvgIpc) is 1.78. The third-order valence-electron chi connectivity index (χ3n) is 1.21. The van der Waals surface area contributed by atoms with Crippen molar-refractivity contribution in [3.63, 3.8) is 0 Å². The van der Waals surface area contributed by atoms with Crippen molar-refractivity contribution >= 4 is 10.2 Å². The van der Waals surface area contributed by atoms with Gasteiger partial charge in [0.05, 0.1) is 0 Å². The van der Waals surface area contributed by atoms with E-state index in [1.165, 1.54) is 0 Å². The van der Waals surface area contributed by atoms with Crippen molar-refractivity contribution in [3.05, 3.63) is 29.6 Å². The van der Waals surface area contributed by atoms with Crippen LogP contribution in [-0.2, 0) is 10.2 Å². The molecule has 0 aliphatic carbocycles. The molecule has 0 bridgehead atoms. The van der Waals surface area contributed by atoms with E-state index in [4.69, 9.17) is 0 Å². The van der Waals surface area contributed by atoms with Crippen molar-refractivity contribution < 1.29 is 25.5 Å². The monoisotopic (exact) mass is 214 g/mol. The summed E-state index contributed by atoms with van der Waals surface area (Å²) >= 11 is 0. The molecule has 0 heterocycles. The van der Waals surface area contributed by atoms with Crippen LogP contribution in [0.1, 0.15) is 0 Å². The molecule has 0 atom stereocenters. The van der Waals surface area contributed by atoms with E-state index >= 15 is 0 Å². The van der Waals surface area contributed by atoms with Gasteiger partial charge in [0.2, 0.25) is 0 Å². The highest BCUT2D eigenvalue weighted by Crippen LogP contribution is 2.21. The van der Waals surface area contributed by atoms with E-state index in [2.05, 4.69) is 0 Å². The first kappa shape index (κ1) is 9.97. The molecule has 0 saturated carbocycles. The van der Waals surface area contributed by atoms with Crippen molar-refractivity contribution in [2.75, 3.05) is 0 Å². The molecule has 1 rings (SSSR count). The summed E-state index contributed by atoms with van der Waals surface area (Å²) in [6.45, 7) is 0. The number of hydrogen-bond donors (Lipinski definition) is 0. The van der Waals surface area contributed by atoms with Gasteiger partial charge in [-0.25, -0.2) is 13.2 Å². The minimum Gasteiger partial charge on any atom is -0.207 e. The summed E-state index contributed by atoms with van der Waals surface area (Å²) in [5, 5.41) is 0. The Balaban J connectivity index is 3.57. The summed E-state index contributed by atoms with van der Waals surface area (Å²) in [4.78, 5) is -1.77. The lowest BCUT2D eigenvalue weighted by molar-refractivity contribution is 0.484. The van der Waals surface area contributed by atoms with Gasteiger partial charge in [-0.15, -0.1) is 3.89 Å². The molecular weight excluding hydrogens is 212 g/mol. The zero-order valence-electron chi connectivity index (χ0n) is 5.89. The molecule has 0 radical (unpaired) electrons. The highest BCUT2D eigenvalue weighted by Gasteiger charge is 2.24. The Bertz CT molecular complexity index is 417. The van der Waals surface area contributed by atoms with Gasteiger partial charge < -0.3 is 0 Å². The first-order valence-corrected chi connectivity index (χ1v) is 4.30. The van der Waals surface area contributed by atoms with Crippen LogP contribution in [0.25, 0.3) is 0 Å². The Hall–Kier alpha value is -1.11. The Labute approximate surface area is 71.0 Å². The van der Waals surface area contributed by atoms with Gasteiger partial charge in [-0.2, -0.15) is 8.42 Å². The first-order valence-electron chi connectivity index (χ1n) is 2.91. The molecule has 0 aliphatic rings. The van der Waals surface area contributed by atoms with Crippen LogP contribution >= 0.6 is 0 Å². The van der Waals surface area contributed by atoms with Crippen LogP contribution < -0.4 is 0 Å². The molecule has 0 unspecified atom stereocenters. The molecule has 0 amide bonds. The maximum atomic E-state index is 12.5. The van der Waals surface area contributed by atoms with Crippen molar-refractivity contribution in [2.45, 2.75) is 4.90 Å². The van der Waals surface area contributed by atoms with Crippen LogP contribution in [0.15, 0.2) is 17.0 Å². The summed E-state index contributed by atoms with van der Waals surface area (Å²) in [6.07, 6.45) is 0. The number of hydrogen-bond acceptors (Lipinski definition) is 2. The summed E-state index contributed by atoms with van der Waals surface area (Å²) in [5.41, 5.74) is 0. The van der Waals surface area contributed by atoms with E-state index in [0.717, 1.165) is 0 Å². The normalized spacial score (nSPS) is 11.7. The Morgan fingerprint density at radius 1 is 1.00 bits per heavy atom. The van der Waals surface area contributed by atoms with Crippen LogP contribution in [0.4, 0.5) is 17.1 Å². The molecule has 72 valence electrons. The smallest absolute Gasteiger partial charge is 0.207 e. The van der Waals surface area contributed by atoms with E-state index < -0.39 is 32.6 Å². The fourth-order valence-corrected chi connectivity index (χ4v) is 1.35. The van der Waals surface area contributed by atoms with Gasteiger partial charge in [0.25, 0.3) is 0 Å². The van der Waals surface area contributed by atoms with E-state index in [-0.39, 0.29) is 12.1 Å². The van der Waals surface area contributed by atoms with Crippen molar-refractivity contribution in [2.24, 2.45) is 0 Å². The van der Waals surface area contributed by atoms with E-state index in [0.29, 0.717) is 0 Å². The van der Waals surface area contributed by atoms with Gasteiger partial charge in [0.15, 0.2) is 16.5 Å². The van der Waals surface area contributed by atoms with Crippen LogP contribution in [-0.4, -0.2) is 8.42 Å². The van der Waals surface area contributed by atoms with Gasteiger partial charge in [0.1, 0.15) is 5.82 Å². The van der Waals surface area contributed by atoms with E-state index in [1.54, 1.807) is 0 Å². The second-order valence-corrected chi connectivity index (χ2v) is 3.42. The second kappa shape index (κ2) is 2.99. The minimum atomic E-state index is -5.50. The fraction of sp³-hybridized carbons (Fsp3) is 0. The molecule has 13 heavy (non-hydrogen) atoms. The van der Waals surface area contributed by atoms with Crippen molar-refractivity contribution in [3.8, 4) is 0 Å². The predicted octanol–water partition coefficient (Wildman–Crippen LogP) is 1.76. The van der Waals surface area contributed by atoms with Gasteiger partial charge in [0, 0.05) is 12.1 Å². The SMILES string of the molecule is O=S(=O)(F)c1c(F)cc(F)cc1F. The molecule has 0 fully saturated rings. The largest absolute Gasteiger partial charge is 0.337 e. The molecule has 7 heteroatoms. The first-order chi connectivity index (χ1) is 5.82. The van der Waals surface area contributed by atoms with Crippen LogP contribution in [0, 0.1) is 17.5 Å². The van der Waals surface area contributed by atoms with Crippen molar-refractivity contribution in [1.82, 2.24) is 0 Å². The summed E-state index contributed by atoms with van der Waals surface area (Å²) in [6, 6.07) is 0.158. The van der Waals surface area contributed by atoms with Crippen LogP contribution in [0.3, 0.4) is 0 Å². The Morgan fingerprint density at radius 3 is 1.69 bits per heavy atom. The molecule has 1 aromatic carbocycles. The fourth-order valence-electron chi connectivity index (χ4n) is 0.762. The Morgan fingerprint density at radius 2 is 1.38 bits per heavy atom. The minimum absolute atomic E-state index is 0.0789. The van der Waals surface area contributed by atoms with Crippen molar-refractivity contribution in [1.29, 1.82) is 0 Å². The predicted molar refractivity (Wildman–Crippen MR) is 34.6 cm³/mol. The maximum Gasteiger partial charge on any atom is 0.337 e. The highest BCUT2D eigenvalue weighted by molar-refractivity contribution is 7.86.